The summed E-state index contributed by atoms with van der Waals surface area (Å²) in [7, 11) is 1.35. The average molecular weight is 536 g/mol. The predicted molar refractivity (Wildman–Crippen MR) is 138 cm³/mol. The van der Waals surface area contributed by atoms with Crippen LogP contribution in [0.15, 0.2) is 34.7 Å². The van der Waals surface area contributed by atoms with Gasteiger partial charge in [0.2, 0.25) is 0 Å². The van der Waals surface area contributed by atoms with Gasteiger partial charge in [0.1, 0.15) is 23.1 Å². The first-order valence-electron chi connectivity index (χ1n) is 11.3. The Labute approximate surface area is 218 Å². The van der Waals surface area contributed by atoms with Gasteiger partial charge in [-0.2, -0.15) is 0 Å². The van der Waals surface area contributed by atoms with Crippen molar-refractivity contribution in [2.45, 2.75) is 46.6 Å². The molecule has 1 aromatic carbocycles. The van der Waals surface area contributed by atoms with E-state index < -0.39 is 11.9 Å². The molecule has 1 amide bonds. The number of carbonyl (C=O) groups excluding carboxylic acids is 2. The number of amides is 1. The maximum absolute atomic E-state index is 13.0. The Balaban J connectivity index is 1.49. The highest BCUT2D eigenvalue weighted by Gasteiger charge is 2.34. The summed E-state index contributed by atoms with van der Waals surface area (Å²) in [5.41, 5.74) is 1.59. The highest BCUT2D eigenvalue weighted by atomic mass is 35.5. The Morgan fingerprint density at radius 3 is 2.66 bits per heavy atom. The van der Waals surface area contributed by atoms with Crippen molar-refractivity contribution in [3.8, 4) is 5.75 Å². The van der Waals surface area contributed by atoms with Crippen molar-refractivity contribution in [1.82, 2.24) is 0 Å². The minimum absolute atomic E-state index is 0.0868. The van der Waals surface area contributed by atoms with Crippen molar-refractivity contribution in [3.63, 3.8) is 0 Å². The van der Waals surface area contributed by atoms with Crippen molar-refractivity contribution in [1.29, 1.82) is 0 Å². The monoisotopic (exact) mass is 535 g/mol. The van der Waals surface area contributed by atoms with Gasteiger partial charge in [0.25, 0.3) is 5.91 Å². The van der Waals surface area contributed by atoms with Gasteiger partial charge in [0.15, 0.2) is 5.76 Å². The number of benzene rings is 1. The Bertz CT molecular complexity index is 1260. The molecule has 1 aliphatic rings. The van der Waals surface area contributed by atoms with Crippen LogP contribution in [0.4, 0.5) is 5.00 Å². The molecule has 6 nitrogen and oxygen atoms in total. The van der Waals surface area contributed by atoms with E-state index in [9.17, 15) is 9.59 Å². The van der Waals surface area contributed by atoms with Crippen LogP contribution in [0.2, 0.25) is 10.0 Å². The van der Waals surface area contributed by atoms with E-state index in [0.29, 0.717) is 38.0 Å². The SMILES string of the molecule is COC(=O)c1c(NC(=O)c2ccc(COc3ccc(Cl)cc3Cl)o2)sc2c1CCC(C(C)(C)C)C2. The third-order valence-corrected chi connectivity index (χ3v) is 7.96. The molecule has 0 fully saturated rings. The Hall–Kier alpha value is -2.48. The van der Waals surface area contributed by atoms with E-state index in [1.807, 2.05) is 0 Å². The third-order valence-electron chi connectivity index (χ3n) is 6.26. The normalized spacial score (nSPS) is 15.4. The summed E-state index contributed by atoms with van der Waals surface area (Å²) in [5.74, 6) is 0.633. The summed E-state index contributed by atoms with van der Waals surface area (Å²) in [4.78, 5) is 26.7. The molecule has 1 aliphatic carbocycles. The molecule has 35 heavy (non-hydrogen) atoms. The van der Waals surface area contributed by atoms with E-state index in [2.05, 4.69) is 26.1 Å². The molecule has 0 spiro atoms. The number of methoxy groups -OCH3 is 1. The van der Waals surface area contributed by atoms with Crippen LogP contribution in [0.25, 0.3) is 0 Å². The number of nitrogens with one attached hydrogen (secondary N) is 1. The van der Waals surface area contributed by atoms with Crippen LogP contribution in [-0.4, -0.2) is 19.0 Å². The van der Waals surface area contributed by atoms with Crippen LogP contribution in [0.1, 0.15) is 64.3 Å². The lowest BCUT2D eigenvalue weighted by atomic mass is 9.72. The van der Waals surface area contributed by atoms with Gasteiger partial charge < -0.3 is 19.2 Å². The largest absolute Gasteiger partial charge is 0.484 e. The molecule has 1 unspecified atom stereocenters. The maximum atomic E-state index is 13.0. The van der Waals surface area contributed by atoms with E-state index in [1.165, 1.54) is 18.4 Å². The zero-order chi connectivity index (χ0) is 25.3. The van der Waals surface area contributed by atoms with Gasteiger partial charge >= 0.3 is 5.97 Å². The zero-order valence-electron chi connectivity index (χ0n) is 20.0. The third kappa shape index (κ3) is 5.68. The maximum Gasteiger partial charge on any atom is 0.341 e. The topological polar surface area (TPSA) is 77.8 Å². The summed E-state index contributed by atoms with van der Waals surface area (Å²) < 4.78 is 16.4. The molecule has 2 aromatic heterocycles. The van der Waals surface area contributed by atoms with Crippen LogP contribution < -0.4 is 10.1 Å². The van der Waals surface area contributed by atoms with Gasteiger partial charge in [-0.25, -0.2) is 4.79 Å². The van der Waals surface area contributed by atoms with Crippen molar-refractivity contribution < 1.29 is 23.5 Å². The van der Waals surface area contributed by atoms with Crippen molar-refractivity contribution in [2.24, 2.45) is 11.3 Å². The molecule has 186 valence electrons. The van der Waals surface area contributed by atoms with Gasteiger partial charge in [-0.05, 0) is 66.5 Å². The fourth-order valence-electron chi connectivity index (χ4n) is 4.21. The summed E-state index contributed by atoms with van der Waals surface area (Å²) in [5, 5.41) is 4.24. The van der Waals surface area contributed by atoms with E-state index in [4.69, 9.17) is 37.1 Å². The lowest BCUT2D eigenvalue weighted by molar-refractivity contribution is 0.0600. The first kappa shape index (κ1) is 25.6. The zero-order valence-corrected chi connectivity index (χ0v) is 22.3. The molecule has 9 heteroatoms. The molecule has 4 rings (SSSR count). The number of hydrogen-bond donors (Lipinski definition) is 1. The van der Waals surface area contributed by atoms with E-state index in [1.54, 1.807) is 30.3 Å². The standard InChI is InChI=1S/C26H27Cl2NO5S/c1-26(2,3)14-5-8-17-21(11-14)35-24(22(17)25(31)32-4)29-23(30)20-10-7-16(34-20)13-33-19-9-6-15(27)12-18(19)28/h6-7,9-10,12,14H,5,8,11,13H2,1-4H3,(H,29,30). The number of halogens is 2. The van der Waals surface area contributed by atoms with Gasteiger partial charge in [-0.15, -0.1) is 11.3 Å². The summed E-state index contributed by atoms with van der Waals surface area (Å²) in [6.07, 6.45) is 2.65. The number of fused-ring (bicyclic) bond motifs is 1. The predicted octanol–water partition coefficient (Wildman–Crippen LogP) is 7.42. The number of esters is 1. The summed E-state index contributed by atoms with van der Waals surface area (Å²) in [6, 6.07) is 8.15. The second-order valence-corrected chi connectivity index (χ2v) is 11.5. The Morgan fingerprint density at radius 2 is 1.97 bits per heavy atom. The van der Waals surface area contributed by atoms with Crippen LogP contribution in [0.3, 0.4) is 0 Å². The lowest BCUT2D eigenvalue weighted by Gasteiger charge is -2.33. The number of rotatable bonds is 6. The first-order valence-corrected chi connectivity index (χ1v) is 12.8. The first-order chi connectivity index (χ1) is 16.6. The molecule has 0 saturated carbocycles. The van der Waals surface area contributed by atoms with Gasteiger partial charge in [0, 0.05) is 9.90 Å². The molecule has 3 aromatic rings. The minimum atomic E-state index is -0.447. The second kappa shape index (κ2) is 10.2. The average Bonchev–Trinajstić information content (AvgIpc) is 3.41. The van der Waals surface area contributed by atoms with Crippen LogP contribution in [0.5, 0.6) is 5.75 Å². The van der Waals surface area contributed by atoms with Crippen LogP contribution >= 0.6 is 34.5 Å². The molecule has 0 radical (unpaired) electrons. The minimum Gasteiger partial charge on any atom is -0.484 e. The molecule has 0 saturated heterocycles. The Morgan fingerprint density at radius 1 is 1.20 bits per heavy atom. The number of anilines is 1. The van der Waals surface area contributed by atoms with E-state index in [-0.39, 0.29) is 17.8 Å². The molecule has 1 N–H and O–H groups in total. The number of thiophene rings is 1. The van der Waals surface area contributed by atoms with Crippen molar-refractivity contribution >= 4 is 51.4 Å². The van der Waals surface area contributed by atoms with E-state index in [0.717, 1.165) is 29.7 Å². The van der Waals surface area contributed by atoms with Gasteiger partial charge in [-0.3, -0.25) is 4.79 Å². The molecule has 0 bridgehead atoms. The molecular formula is C26H27Cl2NO5S. The van der Waals surface area contributed by atoms with Gasteiger partial charge in [0.05, 0.1) is 17.7 Å². The Kier molecular flexibility index (Phi) is 7.50. The van der Waals surface area contributed by atoms with Gasteiger partial charge in [-0.1, -0.05) is 44.0 Å². The number of ether oxygens (including phenoxy) is 2. The fourth-order valence-corrected chi connectivity index (χ4v) is 5.99. The highest BCUT2D eigenvalue weighted by molar-refractivity contribution is 7.17. The number of hydrogen-bond acceptors (Lipinski definition) is 6. The van der Waals surface area contributed by atoms with Crippen molar-refractivity contribution in [3.05, 3.63) is 67.9 Å². The highest BCUT2D eigenvalue weighted by Crippen LogP contribution is 2.44. The van der Waals surface area contributed by atoms with Crippen LogP contribution in [-0.2, 0) is 24.2 Å². The smallest absolute Gasteiger partial charge is 0.341 e. The lowest BCUT2D eigenvalue weighted by Crippen LogP contribution is -2.26. The molecular weight excluding hydrogens is 509 g/mol. The van der Waals surface area contributed by atoms with Crippen molar-refractivity contribution in [2.75, 3.05) is 12.4 Å². The number of carbonyl (C=O) groups is 2. The molecule has 2 heterocycles. The molecule has 1 atom stereocenters. The van der Waals surface area contributed by atoms with Crippen LogP contribution in [0, 0.1) is 11.3 Å². The second-order valence-electron chi connectivity index (χ2n) is 9.59. The quantitative estimate of drug-likeness (QED) is 0.332. The fraction of sp³-hybridized carbons (Fsp3) is 0.385. The summed E-state index contributed by atoms with van der Waals surface area (Å²) in [6.45, 7) is 6.79. The summed E-state index contributed by atoms with van der Waals surface area (Å²) >= 11 is 13.5. The number of furan rings is 1. The molecule has 0 aliphatic heterocycles. The van der Waals surface area contributed by atoms with E-state index >= 15 is 0 Å².